The number of nitrogens with one attached hydrogen (secondary N) is 2. The molecule has 5 heteroatoms. The van der Waals surface area contributed by atoms with Crippen LogP contribution in [0.5, 0.6) is 0 Å². The van der Waals surface area contributed by atoms with E-state index in [0.29, 0.717) is 12.6 Å². The number of furan rings is 1. The molecule has 0 amide bonds. The highest BCUT2D eigenvalue weighted by molar-refractivity contribution is 14.0. The van der Waals surface area contributed by atoms with Crippen molar-refractivity contribution < 1.29 is 4.42 Å². The maximum absolute atomic E-state index is 5.87. The smallest absolute Gasteiger partial charge is 0.191 e. The Morgan fingerprint density at radius 3 is 2.62 bits per heavy atom. The molecule has 0 aliphatic heterocycles. The van der Waals surface area contributed by atoms with Crippen LogP contribution < -0.4 is 10.6 Å². The molecule has 2 rings (SSSR count). The Labute approximate surface area is 143 Å². The van der Waals surface area contributed by atoms with E-state index < -0.39 is 0 Å². The van der Waals surface area contributed by atoms with Crippen molar-refractivity contribution in [2.24, 2.45) is 4.99 Å². The molecule has 1 aromatic carbocycles. The molecule has 2 aromatic rings. The van der Waals surface area contributed by atoms with Crippen LogP contribution in [0.25, 0.3) is 11.0 Å². The molecule has 0 atom stereocenters. The van der Waals surface area contributed by atoms with E-state index in [1.165, 1.54) is 10.9 Å². The average Bonchev–Trinajstić information content (AvgIpc) is 2.73. The number of para-hydroxylation sites is 1. The molecule has 0 saturated heterocycles. The number of hydrogen-bond acceptors (Lipinski definition) is 2. The monoisotopic (exact) mass is 401 g/mol. The van der Waals surface area contributed by atoms with Gasteiger partial charge in [0.15, 0.2) is 5.96 Å². The van der Waals surface area contributed by atoms with Crippen molar-refractivity contribution in [3.63, 3.8) is 0 Å². The molecule has 1 aromatic heterocycles. The lowest BCUT2D eigenvalue weighted by molar-refractivity contribution is 0.547. The Morgan fingerprint density at radius 2 is 2.00 bits per heavy atom. The molecule has 2 N–H and O–H groups in total. The van der Waals surface area contributed by atoms with Crippen LogP contribution in [0.15, 0.2) is 33.7 Å². The molecule has 0 bridgehead atoms. The van der Waals surface area contributed by atoms with Gasteiger partial charge in [0, 0.05) is 23.5 Å². The summed E-state index contributed by atoms with van der Waals surface area (Å²) >= 11 is 0. The second-order valence-corrected chi connectivity index (χ2v) is 5.14. The average molecular weight is 401 g/mol. The molecule has 0 radical (unpaired) electrons. The Hall–Kier alpha value is -1.24. The molecule has 0 aliphatic rings. The van der Waals surface area contributed by atoms with E-state index >= 15 is 0 Å². The fourth-order valence-electron chi connectivity index (χ4n) is 2.12. The van der Waals surface area contributed by atoms with Crippen LogP contribution in [-0.4, -0.2) is 18.5 Å². The van der Waals surface area contributed by atoms with Gasteiger partial charge in [-0.2, -0.15) is 0 Å². The van der Waals surface area contributed by atoms with E-state index in [1.54, 1.807) is 0 Å². The van der Waals surface area contributed by atoms with Crippen molar-refractivity contribution in [2.45, 2.75) is 40.3 Å². The van der Waals surface area contributed by atoms with E-state index in [1.807, 2.05) is 18.2 Å². The van der Waals surface area contributed by atoms with Crippen molar-refractivity contribution in [3.8, 4) is 0 Å². The Morgan fingerprint density at radius 1 is 1.29 bits per heavy atom. The molecule has 21 heavy (non-hydrogen) atoms. The van der Waals surface area contributed by atoms with Crippen molar-refractivity contribution in [1.82, 2.24) is 10.6 Å². The molecule has 0 aliphatic carbocycles. The van der Waals surface area contributed by atoms with Crippen molar-refractivity contribution in [1.29, 1.82) is 0 Å². The fourth-order valence-corrected chi connectivity index (χ4v) is 2.12. The highest BCUT2D eigenvalue weighted by Gasteiger charge is 2.09. The van der Waals surface area contributed by atoms with Crippen molar-refractivity contribution in [3.05, 3.63) is 35.6 Å². The summed E-state index contributed by atoms with van der Waals surface area (Å²) in [5.74, 6) is 1.74. The van der Waals surface area contributed by atoms with Gasteiger partial charge in [0.1, 0.15) is 17.9 Å². The number of fused-ring (bicyclic) bond motifs is 1. The standard InChI is InChI=1S/C16H23N3O.HI/c1-5-17-16(19-11(2)3)18-10-15-12(4)13-8-6-7-9-14(13)20-15;/h6-9,11H,5,10H2,1-4H3,(H2,17,18,19);1H. The van der Waals surface area contributed by atoms with Crippen molar-refractivity contribution >= 4 is 40.9 Å². The molecule has 0 unspecified atom stereocenters. The van der Waals surface area contributed by atoms with Crippen LogP contribution in [0.3, 0.4) is 0 Å². The lowest BCUT2D eigenvalue weighted by Crippen LogP contribution is -2.41. The first-order chi connectivity index (χ1) is 9.61. The van der Waals surface area contributed by atoms with Crippen LogP contribution in [-0.2, 0) is 6.54 Å². The van der Waals surface area contributed by atoms with E-state index in [2.05, 4.69) is 49.4 Å². The third-order valence-corrected chi connectivity index (χ3v) is 3.09. The van der Waals surface area contributed by atoms with Gasteiger partial charge in [0.25, 0.3) is 0 Å². The predicted molar refractivity (Wildman–Crippen MR) is 99.5 cm³/mol. The second-order valence-electron chi connectivity index (χ2n) is 5.14. The minimum Gasteiger partial charge on any atom is -0.459 e. The number of rotatable bonds is 4. The Bertz CT molecular complexity index is 605. The maximum Gasteiger partial charge on any atom is 0.191 e. The maximum atomic E-state index is 5.87. The van der Waals surface area contributed by atoms with Gasteiger partial charge in [0.05, 0.1) is 0 Å². The fraction of sp³-hybridized carbons (Fsp3) is 0.438. The molecular weight excluding hydrogens is 377 g/mol. The molecule has 1 heterocycles. The summed E-state index contributed by atoms with van der Waals surface area (Å²) in [5, 5.41) is 7.70. The van der Waals surface area contributed by atoms with Gasteiger partial charge in [0.2, 0.25) is 0 Å². The summed E-state index contributed by atoms with van der Waals surface area (Å²) < 4.78 is 5.87. The number of aliphatic imine (C=N–C) groups is 1. The summed E-state index contributed by atoms with van der Waals surface area (Å²) in [6.07, 6.45) is 0. The second kappa shape index (κ2) is 8.26. The Balaban J connectivity index is 0.00000220. The van der Waals surface area contributed by atoms with E-state index in [-0.39, 0.29) is 24.0 Å². The first kappa shape index (κ1) is 17.8. The molecular formula is C16H24IN3O. The SMILES string of the molecule is CCNC(=NCc1oc2ccccc2c1C)NC(C)C.I. The topological polar surface area (TPSA) is 49.6 Å². The zero-order chi connectivity index (χ0) is 14.5. The summed E-state index contributed by atoms with van der Waals surface area (Å²) in [6.45, 7) is 9.72. The van der Waals surface area contributed by atoms with Crippen molar-refractivity contribution in [2.75, 3.05) is 6.54 Å². The minimum absolute atomic E-state index is 0. The van der Waals surface area contributed by atoms with Crippen LogP contribution >= 0.6 is 24.0 Å². The summed E-state index contributed by atoms with van der Waals surface area (Å²) in [4.78, 5) is 4.58. The summed E-state index contributed by atoms with van der Waals surface area (Å²) in [6, 6.07) is 8.45. The first-order valence-electron chi connectivity index (χ1n) is 7.13. The van der Waals surface area contributed by atoms with Crippen LogP contribution in [0, 0.1) is 6.92 Å². The van der Waals surface area contributed by atoms with E-state index in [9.17, 15) is 0 Å². The predicted octanol–water partition coefficient (Wildman–Crippen LogP) is 3.82. The molecule has 0 fully saturated rings. The minimum atomic E-state index is 0. The number of aryl methyl sites for hydroxylation is 1. The number of hydrogen-bond donors (Lipinski definition) is 2. The number of benzene rings is 1. The third-order valence-electron chi connectivity index (χ3n) is 3.09. The number of halogens is 1. The lowest BCUT2D eigenvalue weighted by Gasteiger charge is -2.13. The molecule has 0 saturated carbocycles. The first-order valence-corrected chi connectivity index (χ1v) is 7.13. The Kier molecular flexibility index (Phi) is 7.01. The summed E-state index contributed by atoms with van der Waals surface area (Å²) in [7, 11) is 0. The van der Waals surface area contributed by atoms with Gasteiger partial charge in [-0.15, -0.1) is 24.0 Å². The van der Waals surface area contributed by atoms with Crippen LogP contribution in [0.4, 0.5) is 0 Å². The van der Waals surface area contributed by atoms with Gasteiger partial charge >= 0.3 is 0 Å². The van der Waals surface area contributed by atoms with Gasteiger partial charge < -0.3 is 15.1 Å². The highest BCUT2D eigenvalue weighted by atomic mass is 127. The molecule has 4 nitrogen and oxygen atoms in total. The molecule has 0 spiro atoms. The largest absolute Gasteiger partial charge is 0.459 e. The van der Waals surface area contributed by atoms with Gasteiger partial charge in [-0.3, -0.25) is 0 Å². The quantitative estimate of drug-likeness (QED) is 0.465. The van der Waals surface area contributed by atoms with E-state index in [0.717, 1.165) is 23.8 Å². The van der Waals surface area contributed by atoms with Gasteiger partial charge in [-0.25, -0.2) is 4.99 Å². The highest BCUT2D eigenvalue weighted by Crippen LogP contribution is 2.25. The molecule has 116 valence electrons. The van der Waals surface area contributed by atoms with Crippen LogP contribution in [0.2, 0.25) is 0 Å². The lowest BCUT2D eigenvalue weighted by atomic mass is 10.1. The zero-order valence-corrected chi connectivity index (χ0v) is 15.4. The zero-order valence-electron chi connectivity index (χ0n) is 13.1. The summed E-state index contributed by atoms with van der Waals surface area (Å²) in [5.41, 5.74) is 2.10. The van der Waals surface area contributed by atoms with Crippen LogP contribution in [0.1, 0.15) is 32.1 Å². The van der Waals surface area contributed by atoms with Gasteiger partial charge in [-0.05, 0) is 33.8 Å². The number of nitrogens with zero attached hydrogens (tertiary/aromatic N) is 1. The third kappa shape index (κ3) is 4.62. The number of guanidine groups is 1. The van der Waals surface area contributed by atoms with Gasteiger partial charge in [-0.1, -0.05) is 18.2 Å². The van der Waals surface area contributed by atoms with E-state index in [4.69, 9.17) is 4.42 Å². The normalized spacial score (nSPS) is 11.6.